The topological polar surface area (TPSA) is 9.23 Å². The summed E-state index contributed by atoms with van der Waals surface area (Å²) in [4.78, 5) is 0. The number of hydrogen-bond acceptors (Lipinski definition) is 1. The minimum Gasteiger partial charge on any atom is -0.363 e. The summed E-state index contributed by atoms with van der Waals surface area (Å²) in [6.45, 7) is 7.17. The van der Waals surface area contributed by atoms with Crippen LogP contribution >= 0.6 is 0 Å². The van der Waals surface area contributed by atoms with E-state index in [2.05, 4.69) is 75.4 Å². The van der Waals surface area contributed by atoms with E-state index in [0.29, 0.717) is 11.8 Å². The van der Waals surface area contributed by atoms with E-state index in [9.17, 15) is 0 Å². The van der Waals surface area contributed by atoms with E-state index in [1.54, 1.807) is 16.7 Å². The fourth-order valence-corrected chi connectivity index (χ4v) is 7.48. The molecule has 0 unspecified atom stereocenters. The van der Waals surface area contributed by atoms with E-state index >= 15 is 0 Å². The molecule has 3 aromatic carbocycles. The number of rotatable bonds is 4. The molecule has 2 heterocycles. The van der Waals surface area contributed by atoms with Gasteiger partial charge in [0.05, 0.1) is 11.2 Å². The summed E-state index contributed by atoms with van der Waals surface area (Å²) in [5.74, 6) is 1.30. The minimum atomic E-state index is -0.155. The van der Waals surface area contributed by atoms with Crippen LogP contribution < -0.4 is 0 Å². The van der Waals surface area contributed by atoms with Crippen molar-refractivity contribution < 1.29 is 4.74 Å². The Morgan fingerprint density at radius 3 is 2.64 bits per heavy atom. The zero-order chi connectivity index (χ0) is 22.6. The van der Waals surface area contributed by atoms with Crippen LogP contribution in [0.25, 0.3) is 10.8 Å². The van der Waals surface area contributed by atoms with Gasteiger partial charge in [-0.15, -0.1) is 0 Å². The second kappa shape index (κ2) is 7.98. The maximum atomic E-state index is 7.38. The van der Waals surface area contributed by atoms with E-state index in [0.717, 1.165) is 19.3 Å². The smallest absolute Gasteiger partial charge is 0.0914 e. The molecule has 2 bridgehead atoms. The number of ether oxygens (including phenoxy) is 1. The largest absolute Gasteiger partial charge is 0.363 e. The molecule has 1 fully saturated rings. The number of aryl methyl sites for hydroxylation is 1. The highest BCUT2D eigenvalue weighted by molar-refractivity contribution is 5.85. The molecule has 0 radical (unpaired) electrons. The van der Waals surface area contributed by atoms with Crippen molar-refractivity contribution in [2.45, 2.75) is 89.8 Å². The molecule has 0 saturated carbocycles. The predicted octanol–water partition coefficient (Wildman–Crippen LogP) is 7.94. The molecule has 6 rings (SSSR count). The average Bonchev–Trinajstić information content (AvgIpc) is 2.81. The minimum absolute atomic E-state index is 0.110. The van der Waals surface area contributed by atoms with Crippen LogP contribution in [0.4, 0.5) is 0 Å². The Hall–Kier alpha value is -2.12. The number of fused-ring (bicyclic) bond motifs is 7. The Kier molecular flexibility index (Phi) is 5.18. The van der Waals surface area contributed by atoms with Crippen molar-refractivity contribution in [3.05, 3.63) is 82.4 Å². The highest BCUT2D eigenvalue weighted by atomic mass is 16.5. The summed E-state index contributed by atoms with van der Waals surface area (Å²) >= 11 is 0. The van der Waals surface area contributed by atoms with Crippen molar-refractivity contribution in [2.24, 2.45) is 11.8 Å². The zero-order valence-corrected chi connectivity index (χ0v) is 20.6. The zero-order valence-electron chi connectivity index (χ0n) is 20.6. The average molecular weight is 439 g/mol. The molecular formula is C32H38O. The lowest BCUT2D eigenvalue weighted by atomic mass is 9.62. The lowest BCUT2D eigenvalue weighted by Gasteiger charge is -2.57. The summed E-state index contributed by atoms with van der Waals surface area (Å²) in [6, 6.07) is 20.6. The van der Waals surface area contributed by atoms with Gasteiger partial charge >= 0.3 is 0 Å². The lowest BCUT2D eigenvalue weighted by molar-refractivity contribution is -0.228. The maximum Gasteiger partial charge on any atom is 0.0914 e. The molecule has 1 nitrogen and oxygen atoms in total. The molecule has 3 aromatic rings. The summed E-state index contributed by atoms with van der Waals surface area (Å²) in [7, 11) is 0. The van der Waals surface area contributed by atoms with Crippen LogP contribution in [0.3, 0.4) is 0 Å². The number of benzene rings is 3. The van der Waals surface area contributed by atoms with E-state index in [-0.39, 0.29) is 11.2 Å². The van der Waals surface area contributed by atoms with Gasteiger partial charge in [-0.05, 0) is 102 Å². The Labute approximate surface area is 199 Å². The van der Waals surface area contributed by atoms with Gasteiger partial charge in [-0.1, -0.05) is 68.4 Å². The fraction of sp³-hybridized carbons (Fsp3) is 0.500. The first kappa shape index (κ1) is 21.4. The predicted molar refractivity (Wildman–Crippen MR) is 138 cm³/mol. The molecule has 33 heavy (non-hydrogen) atoms. The van der Waals surface area contributed by atoms with Crippen molar-refractivity contribution in [2.75, 3.05) is 0 Å². The van der Waals surface area contributed by atoms with Crippen molar-refractivity contribution in [3.8, 4) is 0 Å². The van der Waals surface area contributed by atoms with Gasteiger partial charge in [-0.25, -0.2) is 0 Å². The first-order valence-corrected chi connectivity index (χ1v) is 13.3. The molecule has 0 aromatic heterocycles. The van der Waals surface area contributed by atoms with Crippen molar-refractivity contribution >= 4 is 10.8 Å². The monoisotopic (exact) mass is 438 g/mol. The second-order valence-corrected chi connectivity index (χ2v) is 11.7. The molecule has 3 atom stereocenters. The van der Waals surface area contributed by atoms with Crippen LogP contribution in [-0.4, -0.2) is 5.60 Å². The molecule has 3 aliphatic rings. The van der Waals surface area contributed by atoms with Gasteiger partial charge in [0.2, 0.25) is 0 Å². The van der Waals surface area contributed by atoms with Crippen molar-refractivity contribution in [1.29, 1.82) is 0 Å². The molecule has 1 saturated heterocycles. The highest BCUT2D eigenvalue weighted by Crippen LogP contribution is 2.55. The quantitative estimate of drug-likeness (QED) is 0.402. The van der Waals surface area contributed by atoms with E-state index in [4.69, 9.17) is 4.74 Å². The first-order chi connectivity index (χ1) is 16.0. The van der Waals surface area contributed by atoms with Gasteiger partial charge in [0.1, 0.15) is 0 Å². The lowest BCUT2D eigenvalue weighted by Crippen LogP contribution is -2.58. The molecule has 2 aliphatic heterocycles. The fourth-order valence-electron chi connectivity index (χ4n) is 7.48. The molecular weight excluding hydrogens is 400 g/mol. The Morgan fingerprint density at radius 1 is 0.939 bits per heavy atom. The van der Waals surface area contributed by atoms with Crippen molar-refractivity contribution in [1.82, 2.24) is 0 Å². The molecule has 0 amide bonds. The van der Waals surface area contributed by atoms with Crippen LogP contribution in [-0.2, 0) is 36.0 Å². The van der Waals surface area contributed by atoms with Gasteiger partial charge in [0.15, 0.2) is 0 Å². The third kappa shape index (κ3) is 3.55. The van der Waals surface area contributed by atoms with Crippen LogP contribution in [0, 0.1) is 11.8 Å². The van der Waals surface area contributed by atoms with Gasteiger partial charge in [-0.2, -0.15) is 0 Å². The van der Waals surface area contributed by atoms with E-state index in [1.165, 1.54) is 60.4 Å². The maximum absolute atomic E-state index is 7.38. The van der Waals surface area contributed by atoms with Gasteiger partial charge in [0, 0.05) is 12.8 Å². The summed E-state index contributed by atoms with van der Waals surface area (Å²) in [6.07, 6.45) is 11.0. The van der Waals surface area contributed by atoms with Crippen LogP contribution in [0.15, 0.2) is 54.6 Å². The third-order valence-electron chi connectivity index (χ3n) is 8.96. The van der Waals surface area contributed by atoms with Crippen molar-refractivity contribution in [3.63, 3.8) is 0 Å². The van der Waals surface area contributed by atoms with Gasteiger partial charge in [-0.3, -0.25) is 0 Å². The van der Waals surface area contributed by atoms with Crippen LogP contribution in [0.1, 0.15) is 80.7 Å². The normalized spacial score (nSPS) is 28.5. The molecule has 1 aliphatic carbocycles. The summed E-state index contributed by atoms with van der Waals surface area (Å²) in [5, 5.41) is 2.74. The third-order valence-corrected chi connectivity index (χ3v) is 8.96. The van der Waals surface area contributed by atoms with Crippen LogP contribution in [0.5, 0.6) is 0 Å². The molecule has 0 spiro atoms. The number of hydrogen-bond donors (Lipinski definition) is 0. The van der Waals surface area contributed by atoms with Crippen LogP contribution in [0.2, 0.25) is 0 Å². The highest BCUT2D eigenvalue weighted by Gasteiger charge is 2.54. The molecule has 1 heteroatoms. The van der Waals surface area contributed by atoms with Gasteiger partial charge in [0.25, 0.3) is 0 Å². The molecule has 172 valence electrons. The Balaban J connectivity index is 1.51. The van der Waals surface area contributed by atoms with Gasteiger partial charge < -0.3 is 4.74 Å². The second-order valence-electron chi connectivity index (χ2n) is 11.7. The van der Waals surface area contributed by atoms with E-state index in [1.807, 2.05) is 0 Å². The van der Waals surface area contributed by atoms with E-state index < -0.39 is 0 Å². The first-order valence-electron chi connectivity index (χ1n) is 13.3. The Bertz CT molecular complexity index is 1190. The summed E-state index contributed by atoms with van der Waals surface area (Å²) < 4.78 is 7.38. The SMILES string of the molecule is CC(C)C[C@@H]1CC[C@]2(C)O[C@@]1(Cc1cccc3ccccc13)Cc1c2ccc2c1CCCC2. The molecule has 0 N–H and O–H groups in total. The summed E-state index contributed by atoms with van der Waals surface area (Å²) in [5.41, 5.74) is 7.65. The standard InChI is InChI=1S/C32H38O/c1-22(2)19-26-17-18-31(3)30-16-15-24-10-5-7-14-28(24)29(30)21-32(26,33-31)20-25-12-8-11-23-9-4-6-13-27(23)25/h4,6,8-9,11-13,15-16,22,26H,5,7,10,14,17-21H2,1-3H3/t26-,31-,32-/m0/s1. The Morgan fingerprint density at radius 2 is 1.76 bits per heavy atom.